The van der Waals surface area contributed by atoms with Gasteiger partial charge in [0, 0.05) is 6.92 Å². The highest BCUT2D eigenvalue weighted by Gasteiger charge is 2.75. The van der Waals surface area contributed by atoms with E-state index in [2.05, 4.69) is 59.8 Å². The van der Waals surface area contributed by atoms with E-state index in [9.17, 15) is 4.79 Å². The highest BCUT2D eigenvalue weighted by molar-refractivity contribution is 5.66. The van der Waals surface area contributed by atoms with Crippen molar-refractivity contribution < 1.29 is 9.53 Å². The molecule has 4 fully saturated rings. The highest BCUT2D eigenvalue weighted by Crippen LogP contribution is 2.83. The first-order valence-corrected chi connectivity index (χ1v) is 14.0. The summed E-state index contributed by atoms with van der Waals surface area (Å²) in [5.41, 5.74) is 3.59. The number of carbonyl (C=O) groups is 1. The second kappa shape index (κ2) is 7.72. The summed E-state index contributed by atoms with van der Waals surface area (Å²) in [6.07, 6.45) is 19.5. The van der Waals surface area contributed by atoms with E-state index in [0.717, 1.165) is 24.7 Å². The van der Waals surface area contributed by atoms with Crippen LogP contribution in [0.15, 0.2) is 23.8 Å². The predicted molar refractivity (Wildman–Crippen MR) is 136 cm³/mol. The third-order valence-electron chi connectivity index (χ3n) is 12.2. The fourth-order valence-corrected chi connectivity index (χ4v) is 9.64. The second-order valence-corrected chi connectivity index (χ2v) is 13.8. The maximum Gasteiger partial charge on any atom is 0.302 e. The van der Waals surface area contributed by atoms with Crippen molar-refractivity contribution in [3.8, 4) is 0 Å². The SMILES string of the molecule is CC(=O)O[C@H]1CC[C@@]23C[C@@]2(CC[C@@H]2C3=CC[C@]3(C)[C@@H]([C@H](C)/C=C/[C@@H](C)C(C)C)CC[C@@]23C)C1. The lowest BCUT2D eigenvalue weighted by Crippen LogP contribution is -2.50. The first-order chi connectivity index (χ1) is 15.5. The number of hydrogen-bond acceptors (Lipinski definition) is 2. The van der Waals surface area contributed by atoms with Gasteiger partial charge in [-0.05, 0) is 109 Å². The van der Waals surface area contributed by atoms with Crippen LogP contribution in [0.5, 0.6) is 0 Å². The quantitative estimate of drug-likeness (QED) is 0.311. The molecule has 0 aromatic heterocycles. The van der Waals surface area contributed by atoms with Crippen LogP contribution in [-0.4, -0.2) is 12.1 Å². The fraction of sp³-hybridized carbons (Fsp3) is 0.839. The maximum atomic E-state index is 11.6. The first kappa shape index (κ1) is 23.7. The lowest BCUT2D eigenvalue weighted by atomic mass is 9.47. The smallest absolute Gasteiger partial charge is 0.302 e. The Morgan fingerprint density at radius 3 is 2.48 bits per heavy atom. The third kappa shape index (κ3) is 3.28. The van der Waals surface area contributed by atoms with Crippen LogP contribution in [0.3, 0.4) is 0 Å². The van der Waals surface area contributed by atoms with Gasteiger partial charge in [-0.15, -0.1) is 0 Å². The Hall–Kier alpha value is -1.05. The fourth-order valence-electron chi connectivity index (χ4n) is 9.64. The van der Waals surface area contributed by atoms with Crippen molar-refractivity contribution in [1.29, 1.82) is 0 Å². The Morgan fingerprint density at radius 1 is 1.03 bits per heavy atom. The van der Waals surface area contributed by atoms with E-state index in [0.29, 0.717) is 39.4 Å². The maximum absolute atomic E-state index is 11.6. The highest BCUT2D eigenvalue weighted by atomic mass is 16.5. The van der Waals surface area contributed by atoms with Crippen molar-refractivity contribution in [2.24, 2.45) is 51.2 Å². The van der Waals surface area contributed by atoms with Crippen LogP contribution in [0.1, 0.15) is 106 Å². The molecule has 0 N–H and O–H groups in total. The number of esters is 1. The molecular weight excluding hydrogens is 404 g/mol. The zero-order chi connectivity index (χ0) is 23.8. The molecule has 0 heterocycles. The topological polar surface area (TPSA) is 26.3 Å². The molecule has 5 rings (SSSR count). The van der Waals surface area contributed by atoms with Crippen LogP contribution < -0.4 is 0 Å². The van der Waals surface area contributed by atoms with Crippen molar-refractivity contribution in [2.45, 2.75) is 112 Å². The zero-order valence-electron chi connectivity index (χ0n) is 22.4. The lowest BCUT2D eigenvalue weighted by molar-refractivity contribution is -0.149. The molecule has 0 aliphatic heterocycles. The van der Waals surface area contributed by atoms with Crippen LogP contribution in [0.2, 0.25) is 0 Å². The molecule has 2 nitrogen and oxygen atoms in total. The summed E-state index contributed by atoms with van der Waals surface area (Å²) >= 11 is 0. The Balaban J connectivity index is 1.38. The molecule has 0 unspecified atom stereocenters. The molecule has 0 amide bonds. The van der Waals surface area contributed by atoms with E-state index in [1.807, 2.05) is 5.57 Å². The van der Waals surface area contributed by atoms with Crippen LogP contribution in [0.4, 0.5) is 0 Å². The summed E-state index contributed by atoms with van der Waals surface area (Å²) in [6, 6.07) is 0. The summed E-state index contributed by atoms with van der Waals surface area (Å²) in [4.78, 5) is 11.6. The first-order valence-electron chi connectivity index (χ1n) is 14.0. The largest absolute Gasteiger partial charge is 0.463 e. The van der Waals surface area contributed by atoms with Gasteiger partial charge in [-0.2, -0.15) is 0 Å². The molecule has 33 heavy (non-hydrogen) atoms. The summed E-state index contributed by atoms with van der Waals surface area (Å²) < 4.78 is 5.70. The average Bonchev–Trinajstić information content (AvgIpc) is 3.35. The molecule has 184 valence electrons. The average molecular weight is 453 g/mol. The predicted octanol–water partition coefficient (Wildman–Crippen LogP) is 8.13. The molecule has 0 saturated heterocycles. The number of hydrogen-bond donors (Lipinski definition) is 0. The molecule has 0 radical (unpaired) electrons. The molecule has 9 atom stereocenters. The minimum atomic E-state index is -0.0960. The zero-order valence-corrected chi connectivity index (χ0v) is 22.4. The summed E-state index contributed by atoms with van der Waals surface area (Å²) in [6.45, 7) is 16.4. The molecule has 4 saturated carbocycles. The van der Waals surface area contributed by atoms with E-state index >= 15 is 0 Å². The normalized spacial score (nSPS) is 47.8. The van der Waals surface area contributed by atoms with Crippen molar-refractivity contribution in [2.75, 3.05) is 0 Å². The number of rotatable bonds is 5. The summed E-state index contributed by atoms with van der Waals surface area (Å²) in [5, 5.41) is 0. The Kier molecular flexibility index (Phi) is 5.54. The molecular formula is C31H48O2. The van der Waals surface area contributed by atoms with E-state index in [1.54, 1.807) is 6.92 Å². The van der Waals surface area contributed by atoms with Gasteiger partial charge in [-0.25, -0.2) is 0 Å². The molecule has 0 bridgehead atoms. The standard InChI is InChI=1S/C31H48O2/c1-20(2)21(3)8-9-22(4)25-11-14-29(7)26-13-16-30-18-24(33-23(5)32)10-17-31(30,19-30)27(26)12-15-28(25,29)6/h8-9,12,20-22,24-26H,10-11,13-19H2,1-7H3/b9-8+/t21-,22-,24+,25-,26-,28-,29+,30-,31+/m1/s1. The molecule has 5 aliphatic rings. The van der Waals surface area contributed by atoms with Crippen LogP contribution in [0.25, 0.3) is 0 Å². The van der Waals surface area contributed by atoms with Gasteiger partial charge in [0.25, 0.3) is 0 Å². The van der Waals surface area contributed by atoms with Gasteiger partial charge in [-0.1, -0.05) is 65.3 Å². The van der Waals surface area contributed by atoms with Gasteiger partial charge in [0.2, 0.25) is 0 Å². The van der Waals surface area contributed by atoms with Crippen LogP contribution >= 0.6 is 0 Å². The second-order valence-electron chi connectivity index (χ2n) is 13.8. The van der Waals surface area contributed by atoms with Crippen molar-refractivity contribution in [1.82, 2.24) is 0 Å². The number of allylic oxidation sites excluding steroid dienone is 4. The molecule has 0 aromatic rings. The number of fused-ring (bicyclic) bond motifs is 3. The van der Waals surface area contributed by atoms with E-state index in [1.165, 1.54) is 44.9 Å². The van der Waals surface area contributed by atoms with Gasteiger partial charge in [0.15, 0.2) is 0 Å². The monoisotopic (exact) mass is 452 g/mol. The van der Waals surface area contributed by atoms with E-state index in [4.69, 9.17) is 4.74 Å². The van der Waals surface area contributed by atoms with E-state index < -0.39 is 0 Å². The van der Waals surface area contributed by atoms with Gasteiger partial charge in [0.1, 0.15) is 6.10 Å². The Labute approximate surface area is 203 Å². The van der Waals surface area contributed by atoms with Gasteiger partial charge in [0.05, 0.1) is 0 Å². The van der Waals surface area contributed by atoms with Gasteiger partial charge < -0.3 is 4.74 Å². The minimum Gasteiger partial charge on any atom is -0.463 e. The van der Waals surface area contributed by atoms with Crippen LogP contribution in [0, 0.1) is 51.2 Å². The number of ether oxygens (including phenoxy) is 1. The Bertz CT molecular complexity index is 868. The summed E-state index contributed by atoms with van der Waals surface area (Å²) in [5.74, 6) is 3.50. The molecule has 5 aliphatic carbocycles. The van der Waals surface area contributed by atoms with Gasteiger partial charge >= 0.3 is 5.97 Å². The Morgan fingerprint density at radius 2 is 1.79 bits per heavy atom. The molecule has 0 spiro atoms. The lowest BCUT2D eigenvalue weighted by Gasteiger charge is -2.58. The minimum absolute atomic E-state index is 0.0960. The molecule has 0 aromatic carbocycles. The number of carbonyl (C=O) groups excluding carboxylic acids is 1. The summed E-state index contributed by atoms with van der Waals surface area (Å²) in [7, 11) is 0. The van der Waals surface area contributed by atoms with Crippen molar-refractivity contribution >= 4 is 5.97 Å². The third-order valence-corrected chi connectivity index (χ3v) is 12.2. The molecule has 2 heteroatoms. The van der Waals surface area contributed by atoms with Gasteiger partial charge in [-0.3, -0.25) is 4.79 Å². The van der Waals surface area contributed by atoms with E-state index in [-0.39, 0.29) is 12.1 Å². The van der Waals surface area contributed by atoms with Crippen molar-refractivity contribution in [3.63, 3.8) is 0 Å². The van der Waals surface area contributed by atoms with Crippen LogP contribution in [-0.2, 0) is 9.53 Å². The van der Waals surface area contributed by atoms with Crippen molar-refractivity contribution in [3.05, 3.63) is 23.8 Å².